The van der Waals surface area contributed by atoms with Gasteiger partial charge < -0.3 is 10.6 Å². The highest BCUT2D eigenvalue weighted by Gasteiger charge is 2.18. The maximum absolute atomic E-state index is 11.8. The molecule has 1 aliphatic rings. The highest BCUT2D eigenvalue weighted by atomic mass is 32.1. The molecule has 2 N–H and O–H groups in total. The molecule has 0 fully saturated rings. The van der Waals surface area contributed by atoms with Crippen LogP contribution in [0.25, 0.3) is 0 Å². The first kappa shape index (κ1) is 15.6. The highest BCUT2D eigenvalue weighted by molar-refractivity contribution is 7.13. The van der Waals surface area contributed by atoms with Gasteiger partial charge in [-0.15, -0.1) is 22.7 Å². The van der Waals surface area contributed by atoms with Gasteiger partial charge in [-0.25, -0.2) is 9.97 Å². The van der Waals surface area contributed by atoms with E-state index in [1.165, 1.54) is 41.2 Å². The fourth-order valence-corrected chi connectivity index (χ4v) is 4.24. The van der Waals surface area contributed by atoms with E-state index in [0.717, 1.165) is 11.4 Å². The fourth-order valence-electron chi connectivity index (χ4n) is 2.51. The lowest BCUT2D eigenvalue weighted by Crippen LogP contribution is -2.24. The summed E-state index contributed by atoms with van der Waals surface area (Å²) in [5.74, 6) is -0.00640. The van der Waals surface area contributed by atoms with E-state index < -0.39 is 0 Å². The molecule has 0 spiro atoms. The lowest BCUT2D eigenvalue weighted by atomic mass is 10.0. The van der Waals surface area contributed by atoms with Gasteiger partial charge in [-0.05, 0) is 32.6 Å². The smallest absolute Gasteiger partial charge is 0.227 e. The van der Waals surface area contributed by atoms with E-state index in [0.29, 0.717) is 18.1 Å². The summed E-state index contributed by atoms with van der Waals surface area (Å²) >= 11 is 3.25. The molecule has 0 unspecified atom stereocenters. The number of nitrogens with one attached hydrogen (secondary N) is 2. The molecule has 0 aromatic carbocycles. The SMILES string of the molecule is C[C@H](NCCC(=O)Nc1nccs1)c1nc2c(s1)CCCC2. The minimum atomic E-state index is -0.00640. The van der Waals surface area contributed by atoms with Crippen molar-refractivity contribution >= 4 is 33.7 Å². The molecular weight excluding hydrogens is 316 g/mol. The van der Waals surface area contributed by atoms with Crippen LogP contribution in [0.1, 0.15) is 47.8 Å². The number of fused-ring (bicyclic) bond motifs is 1. The van der Waals surface area contributed by atoms with Crippen LogP contribution in [-0.4, -0.2) is 22.4 Å². The number of rotatable bonds is 6. The summed E-state index contributed by atoms with van der Waals surface area (Å²) in [7, 11) is 0. The van der Waals surface area contributed by atoms with E-state index >= 15 is 0 Å². The summed E-state index contributed by atoms with van der Waals surface area (Å²) in [6, 6.07) is 0.197. The van der Waals surface area contributed by atoms with Crippen LogP contribution in [-0.2, 0) is 17.6 Å². The first-order chi connectivity index (χ1) is 10.7. The zero-order valence-corrected chi connectivity index (χ0v) is 14.2. The maximum atomic E-state index is 11.8. The van der Waals surface area contributed by atoms with Crippen LogP contribution in [0, 0.1) is 0 Å². The molecule has 118 valence electrons. The third kappa shape index (κ3) is 3.91. The predicted octanol–water partition coefficient (Wildman–Crippen LogP) is 3.16. The van der Waals surface area contributed by atoms with Crippen molar-refractivity contribution in [2.45, 2.75) is 45.1 Å². The summed E-state index contributed by atoms with van der Waals surface area (Å²) in [6.45, 7) is 2.76. The van der Waals surface area contributed by atoms with Crippen molar-refractivity contribution in [3.05, 3.63) is 27.2 Å². The molecule has 0 saturated carbocycles. The van der Waals surface area contributed by atoms with Crippen molar-refractivity contribution in [1.29, 1.82) is 0 Å². The van der Waals surface area contributed by atoms with Crippen molar-refractivity contribution in [1.82, 2.24) is 15.3 Å². The van der Waals surface area contributed by atoms with Crippen LogP contribution in [0.5, 0.6) is 0 Å². The van der Waals surface area contributed by atoms with E-state index in [2.05, 4.69) is 22.5 Å². The summed E-state index contributed by atoms with van der Waals surface area (Å²) in [6.07, 6.45) is 6.97. The van der Waals surface area contributed by atoms with E-state index in [4.69, 9.17) is 4.98 Å². The van der Waals surface area contributed by atoms with Crippen molar-refractivity contribution in [2.75, 3.05) is 11.9 Å². The summed E-state index contributed by atoms with van der Waals surface area (Å²) in [5.41, 5.74) is 1.29. The monoisotopic (exact) mass is 336 g/mol. The van der Waals surface area contributed by atoms with Crippen molar-refractivity contribution < 1.29 is 4.79 Å². The Morgan fingerprint density at radius 2 is 2.27 bits per heavy atom. The average molecular weight is 336 g/mol. The molecule has 0 saturated heterocycles. The molecule has 1 amide bonds. The predicted molar refractivity (Wildman–Crippen MR) is 90.5 cm³/mol. The first-order valence-electron chi connectivity index (χ1n) is 7.63. The third-order valence-corrected chi connectivity index (χ3v) is 5.74. The van der Waals surface area contributed by atoms with E-state index in [-0.39, 0.29) is 11.9 Å². The highest BCUT2D eigenvalue weighted by Crippen LogP contribution is 2.29. The molecule has 2 aromatic rings. The molecule has 0 bridgehead atoms. The number of thiazole rings is 2. The lowest BCUT2D eigenvalue weighted by molar-refractivity contribution is -0.116. The Hall–Kier alpha value is -1.31. The van der Waals surface area contributed by atoms with Gasteiger partial charge in [-0.2, -0.15) is 0 Å². The van der Waals surface area contributed by atoms with Gasteiger partial charge in [-0.1, -0.05) is 0 Å². The number of nitrogens with zero attached hydrogens (tertiary/aromatic N) is 2. The molecule has 0 radical (unpaired) electrons. The van der Waals surface area contributed by atoms with Gasteiger partial charge in [0.15, 0.2) is 5.13 Å². The molecule has 2 aromatic heterocycles. The number of aryl methyl sites for hydroxylation is 2. The van der Waals surface area contributed by atoms with Crippen molar-refractivity contribution in [3.8, 4) is 0 Å². The number of carbonyl (C=O) groups is 1. The van der Waals surface area contributed by atoms with Gasteiger partial charge in [0.05, 0.1) is 11.7 Å². The summed E-state index contributed by atoms with van der Waals surface area (Å²) < 4.78 is 0. The van der Waals surface area contributed by atoms with Crippen molar-refractivity contribution in [3.63, 3.8) is 0 Å². The van der Waals surface area contributed by atoms with Gasteiger partial charge >= 0.3 is 0 Å². The molecule has 22 heavy (non-hydrogen) atoms. The fraction of sp³-hybridized carbons (Fsp3) is 0.533. The Morgan fingerprint density at radius 3 is 3.05 bits per heavy atom. The Labute approximate surface area is 138 Å². The summed E-state index contributed by atoms with van der Waals surface area (Å²) in [4.78, 5) is 22.0. The Balaban J connectivity index is 1.45. The topological polar surface area (TPSA) is 66.9 Å². The number of anilines is 1. The summed E-state index contributed by atoms with van der Waals surface area (Å²) in [5, 5.41) is 9.83. The normalized spacial score (nSPS) is 15.3. The second-order valence-corrected chi connectivity index (χ2v) is 7.45. The Morgan fingerprint density at radius 1 is 1.41 bits per heavy atom. The second-order valence-electron chi connectivity index (χ2n) is 5.44. The Kier molecular flexibility index (Phi) is 5.17. The van der Waals surface area contributed by atoms with Crippen LogP contribution in [0.15, 0.2) is 11.6 Å². The zero-order chi connectivity index (χ0) is 15.4. The second kappa shape index (κ2) is 7.30. The Bertz CT molecular complexity index is 600. The molecule has 0 aliphatic heterocycles. The van der Waals surface area contributed by atoms with Crippen LogP contribution >= 0.6 is 22.7 Å². The van der Waals surface area contributed by atoms with Gasteiger partial charge in [0.1, 0.15) is 5.01 Å². The number of amides is 1. The molecule has 5 nitrogen and oxygen atoms in total. The minimum absolute atomic E-state index is 0.00640. The first-order valence-corrected chi connectivity index (χ1v) is 9.33. The maximum Gasteiger partial charge on any atom is 0.227 e. The third-order valence-electron chi connectivity index (χ3n) is 3.71. The van der Waals surface area contributed by atoms with E-state index in [1.54, 1.807) is 6.20 Å². The van der Waals surface area contributed by atoms with E-state index in [9.17, 15) is 4.79 Å². The molecule has 1 aliphatic carbocycles. The lowest BCUT2D eigenvalue weighted by Gasteiger charge is -2.10. The van der Waals surface area contributed by atoms with Crippen LogP contribution in [0.3, 0.4) is 0 Å². The molecular formula is C15H20N4OS2. The average Bonchev–Trinajstić information content (AvgIpc) is 3.15. The van der Waals surface area contributed by atoms with Gasteiger partial charge in [0, 0.05) is 29.4 Å². The number of aromatic nitrogens is 2. The van der Waals surface area contributed by atoms with Gasteiger partial charge in [0.2, 0.25) is 5.91 Å². The standard InChI is InChI=1S/C15H20N4OS2/c1-10(14-18-11-4-2-3-5-12(11)22-14)16-7-6-13(20)19-15-17-8-9-21-15/h8-10,16H,2-7H2,1H3,(H,17,19,20)/t10-/m0/s1. The van der Waals surface area contributed by atoms with Crippen molar-refractivity contribution in [2.24, 2.45) is 0 Å². The molecule has 2 heterocycles. The van der Waals surface area contributed by atoms with Crippen LogP contribution in [0.4, 0.5) is 5.13 Å². The van der Waals surface area contributed by atoms with Gasteiger partial charge in [0.25, 0.3) is 0 Å². The largest absolute Gasteiger partial charge is 0.308 e. The molecule has 7 heteroatoms. The van der Waals surface area contributed by atoms with Crippen LogP contribution < -0.4 is 10.6 Å². The van der Waals surface area contributed by atoms with Gasteiger partial charge in [-0.3, -0.25) is 4.79 Å². The number of hydrogen-bond donors (Lipinski definition) is 2. The number of hydrogen-bond acceptors (Lipinski definition) is 6. The zero-order valence-electron chi connectivity index (χ0n) is 12.6. The minimum Gasteiger partial charge on any atom is -0.308 e. The number of carbonyl (C=O) groups excluding carboxylic acids is 1. The van der Waals surface area contributed by atoms with Crippen LogP contribution in [0.2, 0.25) is 0 Å². The molecule has 3 rings (SSSR count). The quantitative estimate of drug-likeness (QED) is 0.850. The van der Waals surface area contributed by atoms with E-state index in [1.807, 2.05) is 16.7 Å². The molecule has 1 atom stereocenters.